The molecule has 3 aromatic rings. The minimum atomic E-state index is -0.142. The first-order valence-corrected chi connectivity index (χ1v) is 7.66. The summed E-state index contributed by atoms with van der Waals surface area (Å²) in [4.78, 5) is 22.1. The summed E-state index contributed by atoms with van der Waals surface area (Å²) >= 11 is 7.41. The second kappa shape index (κ2) is 5.34. The summed E-state index contributed by atoms with van der Waals surface area (Å²) < 4.78 is 0. The van der Waals surface area contributed by atoms with E-state index in [-0.39, 0.29) is 5.56 Å². The maximum Gasteiger partial charge on any atom is 0.275 e. The number of aromatic nitrogens is 3. The molecule has 0 aliphatic heterocycles. The summed E-state index contributed by atoms with van der Waals surface area (Å²) in [5.74, 6) is 0. The fraction of sp³-hybridized carbons (Fsp3) is 0.143. The Hall–Kier alpha value is -1.72. The van der Waals surface area contributed by atoms with Crippen LogP contribution in [0.5, 0.6) is 0 Å². The molecule has 20 heavy (non-hydrogen) atoms. The van der Waals surface area contributed by atoms with Gasteiger partial charge in [0.25, 0.3) is 5.56 Å². The van der Waals surface area contributed by atoms with Gasteiger partial charge in [0, 0.05) is 23.2 Å². The number of rotatable bonds is 3. The van der Waals surface area contributed by atoms with Crippen molar-refractivity contribution >= 4 is 34.4 Å². The van der Waals surface area contributed by atoms with E-state index in [1.807, 2.05) is 36.7 Å². The Kier molecular flexibility index (Phi) is 3.54. The van der Waals surface area contributed by atoms with E-state index in [1.54, 1.807) is 0 Å². The molecule has 102 valence electrons. The molecule has 0 unspecified atom stereocenters. The maximum atomic E-state index is 11.9. The SMILES string of the molecule is CSc1nc2c(Cc3cccc(Cl)c3)c[nH]c2c(=O)[nH]1. The largest absolute Gasteiger partial charge is 0.355 e. The molecular weight excluding hydrogens is 294 g/mol. The Labute approximate surface area is 124 Å². The molecule has 2 aromatic heterocycles. The number of nitrogens with zero attached hydrogens (tertiary/aromatic N) is 1. The average Bonchev–Trinajstić information content (AvgIpc) is 2.82. The van der Waals surface area contributed by atoms with Crippen molar-refractivity contribution in [1.82, 2.24) is 15.0 Å². The average molecular weight is 306 g/mol. The van der Waals surface area contributed by atoms with Crippen LogP contribution in [-0.4, -0.2) is 21.2 Å². The minimum Gasteiger partial charge on any atom is -0.355 e. The van der Waals surface area contributed by atoms with Crippen LogP contribution in [0.3, 0.4) is 0 Å². The van der Waals surface area contributed by atoms with Gasteiger partial charge >= 0.3 is 0 Å². The Morgan fingerprint density at radius 1 is 1.40 bits per heavy atom. The molecule has 0 amide bonds. The zero-order chi connectivity index (χ0) is 14.1. The molecule has 0 aliphatic rings. The van der Waals surface area contributed by atoms with Crippen LogP contribution < -0.4 is 5.56 Å². The lowest BCUT2D eigenvalue weighted by Crippen LogP contribution is -2.08. The van der Waals surface area contributed by atoms with Crippen LogP contribution in [0.4, 0.5) is 0 Å². The van der Waals surface area contributed by atoms with Crippen molar-refractivity contribution in [3.63, 3.8) is 0 Å². The molecule has 3 rings (SSSR count). The summed E-state index contributed by atoms with van der Waals surface area (Å²) in [7, 11) is 0. The van der Waals surface area contributed by atoms with Crippen LogP contribution in [0, 0.1) is 0 Å². The van der Waals surface area contributed by atoms with Crippen molar-refractivity contribution in [2.75, 3.05) is 6.26 Å². The molecule has 2 heterocycles. The topological polar surface area (TPSA) is 61.5 Å². The number of benzene rings is 1. The Balaban J connectivity index is 2.08. The van der Waals surface area contributed by atoms with E-state index >= 15 is 0 Å². The monoisotopic (exact) mass is 305 g/mol. The van der Waals surface area contributed by atoms with Crippen LogP contribution >= 0.6 is 23.4 Å². The molecular formula is C14H12ClN3OS. The van der Waals surface area contributed by atoms with Crippen LogP contribution in [0.15, 0.2) is 40.4 Å². The lowest BCUT2D eigenvalue weighted by Gasteiger charge is -2.01. The number of halogens is 1. The fourth-order valence-corrected chi connectivity index (χ4v) is 2.73. The number of H-pyrrole nitrogens is 2. The quantitative estimate of drug-likeness (QED) is 0.577. The molecule has 0 spiro atoms. The molecule has 0 bridgehead atoms. The van der Waals surface area contributed by atoms with E-state index in [9.17, 15) is 4.79 Å². The predicted octanol–water partition coefficient (Wildman–Crippen LogP) is 3.22. The lowest BCUT2D eigenvalue weighted by atomic mass is 10.1. The summed E-state index contributed by atoms with van der Waals surface area (Å²) in [6, 6.07) is 7.69. The van der Waals surface area contributed by atoms with Crippen LogP contribution in [-0.2, 0) is 6.42 Å². The summed E-state index contributed by atoms with van der Waals surface area (Å²) in [6.45, 7) is 0. The molecule has 6 heteroatoms. The van der Waals surface area contributed by atoms with Crippen molar-refractivity contribution in [2.45, 2.75) is 11.6 Å². The van der Waals surface area contributed by atoms with Gasteiger partial charge in [0.1, 0.15) is 11.0 Å². The van der Waals surface area contributed by atoms with E-state index in [0.717, 1.165) is 16.6 Å². The summed E-state index contributed by atoms with van der Waals surface area (Å²) in [5.41, 5.74) is 3.17. The number of thioether (sulfide) groups is 1. The van der Waals surface area contributed by atoms with Gasteiger partial charge in [-0.1, -0.05) is 35.5 Å². The van der Waals surface area contributed by atoms with Gasteiger partial charge in [0.15, 0.2) is 5.16 Å². The van der Waals surface area contributed by atoms with Gasteiger partial charge in [-0.05, 0) is 24.0 Å². The fourth-order valence-electron chi connectivity index (χ4n) is 2.14. The smallest absolute Gasteiger partial charge is 0.275 e. The standard InChI is InChI=1S/C14H12ClN3OS/c1-20-14-17-11-9(7-16-12(11)13(19)18-14)5-8-3-2-4-10(15)6-8/h2-4,6-7,16H,5H2,1H3,(H,17,18,19). The van der Waals surface area contributed by atoms with E-state index in [1.165, 1.54) is 11.8 Å². The van der Waals surface area contributed by atoms with Gasteiger partial charge in [-0.3, -0.25) is 9.78 Å². The maximum absolute atomic E-state index is 11.9. The predicted molar refractivity (Wildman–Crippen MR) is 82.8 cm³/mol. The zero-order valence-corrected chi connectivity index (χ0v) is 12.3. The van der Waals surface area contributed by atoms with Crippen molar-refractivity contribution < 1.29 is 0 Å². The van der Waals surface area contributed by atoms with Gasteiger partial charge in [-0.25, -0.2) is 4.98 Å². The molecule has 4 nitrogen and oxygen atoms in total. The molecule has 0 radical (unpaired) electrons. The van der Waals surface area contributed by atoms with Gasteiger partial charge in [0.05, 0.1) is 0 Å². The first-order valence-electron chi connectivity index (χ1n) is 6.06. The summed E-state index contributed by atoms with van der Waals surface area (Å²) in [6.07, 6.45) is 4.40. The number of hydrogen-bond acceptors (Lipinski definition) is 3. The minimum absolute atomic E-state index is 0.142. The second-order valence-corrected chi connectivity index (χ2v) is 5.65. The first-order chi connectivity index (χ1) is 9.67. The molecule has 0 saturated heterocycles. The third-order valence-corrected chi connectivity index (χ3v) is 3.88. The van der Waals surface area contributed by atoms with Gasteiger partial charge in [-0.15, -0.1) is 0 Å². The van der Waals surface area contributed by atoms with Crippen molar-refractivity contribution in [3.05, 3.63) is 57.0 Å². The van der Waals surface area contributed by atoms with Crippen LogP contribution in [0.2, 0.25) is 5.02 Å². The van der Waals surface area contributed by atoms with E-state index < -0.39 is 0 Å². The Morgan fingerprint density at radius 2 is 2.25 bits per heavy atom. The molecule has 0 fully saturated rings. The van der Waals surface area contributed by atoms with Crippen molar-refractivity contribution in [1.29, 1.82) is 0 Å². The Bertz CT molecular complexity index is 825. The number of fused-ring (bicyclic) bond motifs is 1. The van der Waals surface area contributed by atoms with Crippen LogP contribution in [0.25, 0.3) is 11.0 Å². The molecule has 0 atom stereocenters. The molecule has 2 N–H and O–H groups in total. The van der Waals surface area contributed by atoms with Gasteiger partial charge in [-0.2, -0.15) is 0 Å². The third-order valence-electron chi connectivity index (χ3n) is 3.07. The highest BCUT2D eigenvalue weighted by Gasteiger charge is 2.10. The van der Waals surface area contributed by atoms with Crippen molar-refractivity contribution in [3.8, 4) is 0 Å². The summed E-state index contributed by atoms with van der Waals surface area (Å²) in [5, 5.41) is 1.33. The van der Waals surface area contributed by atoms with E-state index in [4.69, 9.17) is 11.6 Å². The highest BCUT2D eigenvalue weighted by molar-refractivity contribution is 7.98. The first kappa shape index (κ1) is 13.3. The van der Waals surface area contributed by atoms with E-state index in [2.05, 4.69) is 15.0 Å². The molecule has 0 aliphatic carbocycles. The number of hydrogen-bond donors (Lipinski definition) is 2. The zero-order valence-electron chi connectivity index (χ0n) is 10.7. The van der Waals surface area contributed by atoms with Crippen molar-refractivity contribution in [2.24, 2.45) is 0 Å². The normalized spacial score (nSPS) is 11.1. The highest BCUT2D eigenvalue weighted by atomic mass is 35.5. The number of nitrogens with one attached hydrogen (secondary N) is 2. The van der Waals surface area contributed by atoms with E-state index in [0.29, 0.717) is 22.1 Å². The molecule has 1 aromatic carbocycles. The second-order valence-electron chi connectivity index (χ2n) is 4.42. The highest BCUT2D eigenvalue weighted by Crippen LogP contribution is 2.20. The lowest BCUT2D eigenvalue weighted by molar-refractivity contribution is 0.972. The number of aromatic amines is 2. The Morgan fingerprint density at radius 3 is 3.00 bits per heavy atom. The molecule has 0 saturated carbocycles. The third kappa shape index (κ3) is 2.46. The van der Waals surface area contributed by atoms with Gasteiger partial charge in [0.2, 0.25) is 0 Å². The van der Waals surface area contributed by atoms with Crippen LogP contribution in [0.1, 0.15) is 11.1 Å². The van der Waals surface area contributed by atoms with Gasteiger partial charge < -0.3 is 4.98 Å².